The molecule has 0 N–H and O–H groups in total. The molecule has 0 bridgehead atoms. The number of carbonyl (C=O) groups excluding carboxylic acids is 1. The molecule has 0 aliphatic rings. The second-order valence-corrected chi connectivity index (χ2v) is 7.59. The molecule has 0 unspecified atom stereocenters. The Labute approximate surface area is 172 Å². The van der Waals surface area contributed by atoms with Crippen LogP contribution in [0.4, 0.5) is 0 Å². The molecule has 4 aromatic rings. The number of aromatic nitrogens is 3. The van der Waals surface area contributed by atoms with Crippen molar-refractivity contribution in [3.63, 3.8) is 0 Å². The number of hydrogen-bond donors (Lipinski definition) is 0. The zero-order chi connectivity index (χ0) is 20.1. The van der Waals surface area contributed by atoms with E-state index < -0.39 is 0 Å². The molecule has 0 aromatic carbocycles. The summed E-state index contributed by atoms with van der Waals surface area (Å²) in [5, 5.41) is 1.98. The van der Waals surface area contributed by atoms with Crippen LogP contribution in [0.3, 0.4) is 0 Å². The average Bonchev–Trinajstić information content (AvgIpc) is 3.39. The van der Waals surface area contributed by atoms with Crippen molar-refractivity contribution in [3.8, 4) is 10.8 Å². The molecule has 4 aromatic heterocycles. The Morgan fingerprint density at radius 3 is 2.59 bits per heavy atom. The zero-order valence-electron chi connectivity index (χ0n) is 16.0. The third-order valence-corrected chi connectivity index (χ3v) is 5.37. The highest BCUT2D eigenvalue weighted by Crippen LogP contribution is 2.26. The van der Waals surface area contributed by atoms with Crippen LogP contribution in [-0.2, 0) is 24.3 Å². The first-order valence-electron chi connectivity index (χ1n) is 9.25. The summed E-state index contributed by atoms with van der Waals surface area (Å²) < 4.78 is 5.79. The largest absolute Gasteiger partial charge is 0.440 e. The van der Waals surface area contributed by atoms with Gasteiger partial charge in [0.25, 0.3) is 0 Å². The van der Waals surface area contributed by atoms with Crippen LogP contribution in [0.2, 0.25) is 0 Å². The number of nitrogens with zero attached hydrogens (tertiary/aromatic N) is 4. The van der Waals surface area contributed by atoms with Gasteiger partial charge in [0.15, 0.2) is 0 Å². The molecule has 0 radical (unpaired) electrons. The van der Waals surface area contributed by atoms with Crippen molar-refractivity contribution < 1.29 is 9.21 Å². The molecule has 6 nitrogen and oxygen atoms in total. The number of aryl methyl sites for hydroxylation is 1. The normalized spacial score (nSPS) is 10.8. The van der Waals surface area contributed by atoms with Gasteiger partial charge < -0.3 is 9.32 Å². The first kappa shape index (κ1) is 19.0. The summed E-state index contributed by atoms with van der Waals surface area (Å²) >= 11 is 1.56. The van der Waals surface area contributed by atoms with Gasteiger partial charge in [-0.25, -0.2) is 4.98 Å². The van der Waals surface area contributed by atoms with Crippen molar-refractivity contribution in [1.29, 1.82) is 0 Å². The fourth-order valence-corrected chi connectivity index (χ4v) is 3.65. The van der Waals surface area contributed by atoms with Gasteiger partial charge >= 0.3 is 0 Å². The summed E-state index contributed by atoms with van der Waals surface area (Å²) in [5.74, 6) is 1.22. The fourth-order valence-electron chi connectivity index (χ4n) is 3.01. The minimum Gasteiger partial charge on any atom is -0.440 e. The number of rotatable bonds is 7. The van der Waals surface area contributed by atoms with Crippen LogP contribution in [0.25, 0.3) is 10.8 Å². The molecule has 0 saturated carbocycles. The van der Waals surface area contributed by atoms with Crippen LogP contribution in [0.1, 0.15) is 22.6 Å². The molecule has 0 atom stereocenters. The van der Waals surface area contributed by atoms with Crippen molar-refractivity contribution in [2.45, 2.75) is 26.4 Å². The van der Waals surface area contributed by atoms with E-state index in [0.717, 1.165) is 16.0 Å². The van der Waals surface area contributed by atoms with Crippen LogP contribution in [-0.4, -0.2) is 25.8 Å². The van der Waals surface area contributed by atoms with E-state index in [0.29, 0.717) is 30.4 Å². The van der Waals surface area contributed by atoms with Gasteiger partial charge in [-0.15, -0.1) is 11.3 Å². The Morgan fingerprint density at radius 1 is 1.03 bits per heavy atom. The molecule has 1 amide bonds. The van der Waals surface area contributed by atoms with Gasteiger partial charge in [-0.2, -0.15) is 0 Å². The summed E-state index contributed by atoms with van der Waals surface area (Å²) in [4.78, 5) is 28.7. The highest BCUT2D eigenvalue weighted by molar-refractivity contribution is 7.13. The molecular weight excluding hydrogens is 384 g/mol. The van der Waals surface area contributed by atoms with Gasteiger partial charge in [0.05, 0.1) is 17.0 Å². The lowest BCUT2D eigenvalue weighted by atomic mass is 10.2. The minimum atomic E-state index is -0.0141. The summed E-state index contributed by atoms with van der Waals surface area (Å²) in [7, 11) is 0. The smallest absolute Gasteiger partial charge is 0.236 e. The van der Waals surface area contributed by atoms with Gasteiger partial charge in [0.2, 0.25) is 11.8 Å². The summed E-state index contributed by atoms with van der Waals surface area (Å²) in [6.07, 6.45) is 7.16. The average molecular weight is 404 g/mol. The van der Waals surface area contributed by atoms with Gasteiger partial charge in [-0.3, -0.25) is 14.8 Å². The van der Waals surface area contributed by atoms with E-state index >= 15 is 0 Å². The second-order valence-electron chi connectivity index (χ2n) is 6.64. The van der Waals surface area contributed by atoms with Crippen molar-refractivity contribution in [1.82, 2.24) is 19.9 Å². The number of thiophene rings is 1. The third-order valence-electron chi connectivity index (χ3n) is 4.52. The molecule has 7 heteroatoms. The van der Waals surface area contributed by atoms with Gasteiger partial charge in [-0.05, 0) is 47.7 Å². The predicted octanol–water partition coefficient (Wildman–Crippen LogP) is 4.27. The maximum atomic E-state index is 13.2. The van der Waals surface area contributed by atoms with E-state index in [4.69, 9.17) is 4.42 Å². The Morgan fingerprint density at radius 2 is 1.86 bits per heavy atom. The lowest BCUT2D eigenvalue weighted by Gasteiger charge is -2.22. The van der Waals surface area contributed by atoms with E-state index in [1.165, 1.54) is 0 Å². The number of pyridine rings is 2. The Kier molecular flexibility index (Phi) is 5.76. The third kappa shape index (κ3) is 4.75. The van der Waals surface area contributed by atoms with Crippen molar-refractivity contribution in [2.75, 3.05) is 0 Å². The Balaban J connectivity index is 1.54. The van der Waals surface area contributed by atoms with Crippen molar-refractivity contribution in [3.05, 3.63) is 89.1 Å². The first-order valence-corrected chi connectivity index (χ1v) is 10.1. The van der Waals surface area contributed by atoms with Gasteiger partial charge in [0.1, 0.15) is 5.76 Å². The molecule has 29 heavy (non-hydrogen) atoms. The molecule has 0 saturated heterocycles. The lowest BCUT2D eigenvalue weighted by molar-refractivity contribution is -0.131. The summed E-state index contributed by atoms with van der Waals surface area (Å²) in [6, 6.07) is 11.6. The number of oxazole rings is 1. The zero-order valence-corrected chi connectivity index (χ0v) is 16.8. The minimum absolute atomic E-state index is 0.0141. The molecule has 4 heterocycles. The van der Waals surface area contributed by atoms with Crippen molar-refractivity contribution >= 4 is 17.2 Å². The lowest BCUT2D eigenvalue weighted by Crippen LogP contribution is -2.31. The topological polar surface area (TPSA) is 72.1 Å². The number of hydrogen-bond acceptors (Lipinski definition) is 6. The maximum Gasteiger partial charge on any atom is 0.236 e. The molecule has 0 aliphatic heterocycles. The molecule has 0 aliphatic carbocycles. The summed E-state index contributed by atoms with van der Waals surface area (Å²) in [5.41, 5.74) is 2.67. The van der Waals surface area contributed by atoms with Crippen LogP contribution >= 0.6 is 11.3 Å². The van der Waals surface area contributed by atoms with Crippen LogP contribution < -0.4 is 0 Å². The Hall–Kier alpha value is -3.32. The molecular formula is C22H20N4O2S. The first-order chi connectivity index (χ1) is 14.2. The molecule has 4 rings (SSSR count). The van der Waals surface area contributed by atoms with E-state index in [1.54, 1.807) is 36.1 Å². The number of carbonyl (C=O) groups is 1. The van der Waals surface area contributed by atoms with E-state index in [-0.39, 0.29) is 12.3 Å². The van der Waals surface area contributed by atoms with Crippen molar-refractivity contribution in [2.24, 2.45) is 0 Å². The predicted molar refractivity (Wildman–Crippen MR) is 111 cm³/mol. The molecule has 146 valence electrons. The quantitative estimate of drug-likeness (QED) is 0.460. The monoisotopic (exact) mass is 404 g/mol. The van der Waals surface area contributed by atoms with E-state index in [9.17, 15) is 4.79 Å². The molecule has 0 fully saturated rings. The highest BCUT2D eigenvalue weighted by atomic mass is 32.1. The maximum absolute atomic E-state index is 13.2. The highest BCUT2D eigenvalue weighted by Gasteiger charge is 2.20. The van der Waals surface area contributed by atoms with Gasteiger partial charge in [-0.1, -0.05) is 12.1 Å². The SMILES string of the molecule is Cc1oc(-c2cccs2)nc1CC(=O)N(Cc1ccncc1)Cc1cccnc1. The Bertz CT molecular complexity index is 1020. The van der Waals surface area contributed by atoms with Crippen LogP contribution in [0, 0.1) is 6.92 Å². The second kappa shape index (κ2) is 8.79. The fraction of sp³-hybridized carbons (Fsp3) is 0.182. The standard InChI is InChI=1S/C22H20N4O2S/c1-16-19(25-22(28-16)20-5-3-11-29-20)12-21(27)26(14-17-6-9-23-10-7-17)15-18-4-2-8-24-13-18/h2-11,13H,12,14-15H2,1H3. The molecule has 0 spiro atoms. The van der Waals surface area contributed by atoms with Crippen LogP contribution in [0.15, 0.2) is 71.0 Å². The van der Waals surface area contributed by atoms with E-state index in [1.807, 2.05) is 53.6 Å². The summed E-state index contributed by atoms with van der Waals surface area (Å²) in [6.45, 7) is 2.82. The number of amides is 1. The van der Waals surface area contributed by atoms with Crippen LogP contribution in [0.5, 0.6) is 0 Å². The van der Waals surface area contributed by atoms with E-state index in [2.05, 4.69) is 15.0 Å². The van der Waals surface area contributed by atoms with Gasteiger partial charge in [0, 0.05) is 37.9 Å².